The average molecular weight is 116 g/mol. The molecule has 1 nitrogen and oxygen atoms in total. The number of nitrogens with zero attached hydrogens (tertiary/aromatic N) is 1. The summed E-state index contributed by atoms with van der Waals surface area (Å²) in [5.41, 5.74) is 0. The van der Waals surface area contributed by atoms with Crippen LogP contribution in [0, 0.1) is 7.43 Å². The van der Waals surface area contributed by atoms with Gasteiger partial charge in [-0.25, -0.2) is 0 Å². The van der Waals surface area contributed by atoms with Crippen LogP contribution in [0.2, 0.25) is 0 Å². The predicted octanol–water partition coefficient (Wildman–Crippen LogP) is 0.459. The minimum atomic E-state index is 0. The second-order valence-electron chi connectivity index (χ2n) is 0. The molecular formula is CCoNP. The van der Waals surface area contributed by atoms with Gasteiger partial charge in [-0.3, -0.25) is 0 Å². The monoisotopic (exact) mass is 116 g/mol. The van der Waals surface area contributed by atoms with Crippen molar-refractivity contribution in [2.45, 2.75) is 0 Å². The second-order valence-corrected chi connectivity index (χ2v) is 0. The van der Waals surface area contributed by atoms with Gasteiger partial charge in [-0.2, -0.15) is 0 Å². The zero-order chi connectivity index (χ0) is 0. The van der Waals surface area contributed by atoms with Crippen molar-refractivity contribution in [3.8, 4) is 0 Å². The fraction of sp³-hybridized carbons (Fsp3) is 0. The molecule has 0 aromatic rings. The van der Waals surface area contributed by atoms with Gasteiger partial charge in [-0.1, -0.05) is 0 Å². The Morgan fingerprint density at radius 1 is 1.00 bits per heavy atom. The minimum Gasteiger partial charge on any atom is 0 e. The third-order valence-corrected chi connectivity index (χ3v) is 0. The fourth-order valence-electron chi connectivity index (χ4n) is 0. The first-order valence-corrected chi connectivity index (χ1v) is 0. The molecule has 23 valence electrons. The fourth-order valence-corrected chi connectivity index (χ4v) is 0. The maximum Gasteiger partial charge on any atom is 0 e. The van der Waals surface area contributed by atoms with E-state index in [0.29, 0.717) is 0 Å². The van der Waals surface area contributed by atoms with Crippen LogP contribution in [0.15, 0.2) is 0 Å². The maximum absolute atomic E-state index is 0. The van der Waals surface area contributed by atoms with Crippen molar-refractivity contribution in [1.82, 2.24) is 6.15 Å². The molecule has 0 fully saturated rings. The van der Waals surface area contributed by atoms with Gasteiger partial charge in [0.2, 0.25) is 0 Å². The number of hydrogen-bond donors (Lipinski definition) is 0. The molecule has 0 heterocycles. The van der Waals surface area contributed by atoms with Crippen LogP contribution in [0.3, 0.4) is 0 Å². The molecule has 0 spiro atoms. The third-order valence-electron chi connectivity index (χ3n) is 0. The smallest absolute Gasteiger partial charge is 0 e. The molecule has 0 aromatic carbocycles. The summed E-state index contributed by atoms with van der Waals surface area (Å²) in [5, 5.41) is 0. The van der Waals surface area contributed by atoms with E-state index in [0.717, 1.165) is 0 Å². The number of hydrogen-bond acceptors (Lipinski definition) is 0. The molecule has 0 aliphatic carbocycles. The van der Waals surface area contributed by atoms with Gasteiger partial charge >= 0.3 is 0 Å². The molecule has 4 heavy (non-hydrogen) atoms. The summed E-state index contributed by atoms with van der Waals surface area (Å²) in [6.07, 6.45) is 0. The normalized spacial score (nSPS) is 0. The van der Waals surface area contributed by atoms with Crippen molar-refractivity contribution in [2.75, 3.05) is 0 Å². The van der Waals surface area contributed by atoms with Crippen LogP contribution in [0.4, 0.5) is 0 Å². The van der Waals surface area contributed by atoms with Crippen molar-refractivity contribution < 1.29 is 16.8 Å². The van der Waals surface area contributed by atoms with Gasteiger partial charge in [0, 0.05) is 40.3 Å². The van der Waals surface area contributed by atoms with E-state index in [9.17, 15) is 0 Å². The summed E-state index contributed by atoms with van der Waals surface area (Å²) in [7, 11) is 0. The summed E-state index contributed by atoms with van der Waals surface area (Å²) in [5.74, 6) is 0. The van der Waals surface area contributed by atoms with Crippen molar-refractivity contribution in [3.05, 3.63) is 7.43 Å². The first-order valence-electron chi connectivity index (χ1n) is 0. The van der Waals surface area contributed by atoms with Crippen LogP contribution in [-0.4, -0.2) is 0 Å². The molecule has 0 unspecified atom stereocenters. The SMILES string of the molecule is [C].[Co].[N].[P]. The standard InChI is InChI=1S/C.Co.N.P. The maximum atomic E-state index is 0. The Balaban J connectivity index is 0. The van der Waals surface area contributed by atoms with Gasteiger partial charge in [-0.15, -0.1) is 0 Å². The summed E-state index contributed by atoms with van der Waals surface area (Å²) in [6, 6.07) is 0. The number of rotatable bonds is 0. The Kier molecular flexibility index (Phi) is 941. The average Bonchev–Trinajstić information content (AvgIpc) is 0. The molecule has 0 saturated heterocycles. The summed E-state index contributed by atoms with van der Waals surface area (Å²) >= 11 is 0. The second kappa shape index (κ2) is 40.7. The Morgan fingerprint density at radius 2 is 1.00 bits per heavy atom. The van der Waals surface area contributed by atoms with E-state index in [1.54, 1.807) is 0 Å². The van der Waals surface area contributed by atoms with Gasteiger partial charge in [0.1, 0.15) is 0 Å². The van der Waals surface area contributed by atoms with E-state index in [1.807, 2.05) is 0 Å². The van der Waals surface area contributed by atoms with Crippen LogP contribution in [-0.2, 0) is 16.8 Å². The van der Waals surface area contributed by atoms with Crippen molar-refractivity contribution >= 4 is 9.90 Å². The Morgan fingerprint density at radius 3 is 1.00 bits per heavy atom. The molecule has 0 saturated carbocycles. The van der Waals surface area contributed by atoms with Crippen LogP contribution in [0.1, 0.15) is 0 Å². The van der Waals surface area contributed by atoms with Gasteiger partial charge in [-0.05, 0) is 0 Å². The summed E-state index contributed by atoms with van der Waals surface area (Å²) in [6.45, 7) is 0. The quantitative estimate of drug-likeness (QED) is 0.411. The van der Waals surface area contributed by atoms with Crippen LogP contribution in [0.5, 0.6) is 0 Å². The molecule has 0 bridgehead atoms. The minimum absolute atomic E-state index is 0. The third kappa shape index (κ3) is 13.0. The predicted molar refractivity (Wildman–Crippen MR) is 12.3 cm³/mol. The molecule has 0 aliphatic rings. The van der Waals surface area contributed by atoms with E-state index in [-0.39, 0.29) is 40.3 Å². The first kappa shape index (κ1) is 92.5. The van der Waals surface area contributed by atoms with E-state index in [1.165, 1.54) is 0 Å². The van der Waals surface area contributed by atoms with E-state index >= 15 is 0 Å². The molecule has 11 radical (unpaired) electrons. The molecule has 0 rings (SSSR count). The molecule has 0 atom stereocenters. The molecule has 0 amide bonds. The topological polar surface area (TPSA) is 30.5 Å². The first-order chi connectivity index (χ1) is 0. The van der Waals surface area contributed by atoms with E-state index in [2.05, 4.69) is 0 Å². The summed E-state index contributed by atoms with van der Waals surface area (Å²) in [4.78, 5) is 0. The van der Waals surface area contributed by atoms with Crippen LogP contribution >= 0.6 is 9.90 Å². The Labute approximate surface area is 40.9 Å². The van der Waals surface area contributed by atoms with Crippen molar-refractivity contribution in [2.24, 2.45) is 0 Å². The Hall–Kier alpha value is 0.896. The molecule has 3 heteroatoms. The molecule has 0 N–H and O–H groups in total. The van der Waals surface area contributed by atoms with E-state index in [4.69, 9.17) is 0 Å². The van der Waals surface area contributed by atoms with Gasteiger partial charge in [0.15, 0.2) is 0 Å². The van der Waals surface area contributed by atoms with Crippen molar-refractivity contribution in [3.63, 3.8) is 0 Å². The van der Waals surface area contributed by atoms with Gasteiger partial charge < -0.3 is 0 Å². The zero-order valence-corrected chi connectivity index (χ0v) is 3.66. The van der Waals surface area contributed by atoms with Crippen LogP contribution in [0.25, 0.3) is 0 Å². The molecule has 0 aliphatic heterocycles. The summed E-state index contributed by atoms with van der Waals surface area (Å²) < 4.78 is 0. The molecular weight excluding hydrogens is 116 g/mol. The van der Waals surface area contributed by atoms with E-state index < -0.39 is 0 Å². The zero-order valence-electron chi connectivity index (χ0n) is 1.73. The van der Waals surface area contributed by atoms with Crippen LogP contribution < -0.4 is 6.15 Å². The van der Waals surface area contributed by atoms with Gasteiger partial charge in [0.25, 0.3) is 0 Å². The largest absolute Gasteiger partial charge is 0 e. The van der Waals surface area contributed by atoms with Gasteiger partial charge in [0.05, 0.1) is 0 Å². The molecule has 0 aromatic heterocycles. The van der Waals surface area contributed by atoms with Crippen molar-refractivity contribution in [1.29, 1.82) is 0 Å². The Bertz CT molecular complexity index is 8.00.